The van der Waals surface area contributed by atoms with Gasteiger partial charge >= 0.3 is 39.7 Å². The second-order valence-electron chi connectivity index (χ2n) is 5.82. The summed E-state index contributed by atoms with van der Waals surface area (Å²) < 4.78 is 30.3. The van der Waals surface area contributed by atoms with Crippen LogP contribution >= 0.6 is 0 Å². The number of hydrogen-bond donors (Lipinski definition) is 0. The van der Waals surface area contributed by atoms with Gasteiger partial charge in [0.15, 0.2) is 16.4 Å². The molecule has 0 heterocycles. The molecule has 0 aromatic heterocycles. The second-order valence-corrected chi connectivity index (χ2v) is 7.34. The van der Waals surface area contributed by atoms with Gasteiger partial charge in [-0.2, -0.15) is 8.42 Å². The third kappa shape index (κ3) is 3.75. The van der Waals surface area contributed by atoms with E-state index in [1.54, 1.807) is 6.07 Å². The Kier molecular flexibility index (Phi) is 5.35. The first-order chi connectivity index (χ1) is 12.4. The van der Waals surface area contributed by atoms with Gasteiger partial charge in [0.1, 0.15) is 0 Å². The van der Waals surface area contributed by atoms with Crippen LogP contribution < -0.4 is 4.18 Å². The fraction of sp³-hybridized carbons (Fsp3) is 0. The van der Waals surface area contributed by atoms with E-state index in [1.807, 2.05) is 42.5 Å². The van der Waals surface area contributed by atoms with Crippen molar-refractivity contribution in [2.45, 2.75) is 0 Å². The first-order valence-electron chi connectivity index (χ1n) is 7.78. The summed E-state index contributed by atoms with van der Waals surface area (Å²) >= 11 is 0. The molecule has 0 unspecified atom stereocenters. The molecule has 27 heavy (non-hydrogen) atoms. The van der Waals surface area contributed by atoms with Crippen LogP contribution in [0.3, 0.4) is 0 Å². The maximum absolute atomic E-state index is 12.5. The average molecular weight is 388 g/mol. The van der Waals surface area contributed by atoms with Gasteiger partial charge in [0.25, 0.3) is 0 Å². The van der Waals surface area contributed by atoms with Crippen LogP contribution in [0.25, 0.3) is 21.5 Å². The van der Waals surface area contributed by atoms with Crippen molar-refractivity contribution >= 4 is 72.8 Å². The van der Waals surface area contributed by atoms with E-state index in [4.69, 9.17) is 4.18 Å². The van der Waals surface area contributed by atoms with Crippen molar-refractivity contribution in [2.24, 2.45) is 0 Å². The molecule has 0 fully saturated rings. The van der Waals surface area contributed by atoms with Crippen LogP contribution in [0.5, 0.6) is 5.75 Å². The van der Waals surface area contributed by atoms with Gasteiger partial charge in [-0.3, -0.25) is 9.59 Å². The number of allylic oxidation sites excluding steroid dienone is 4. The first kappa shape index (κ1) is 19.5. The summed E-state index contributed by atoms with van der Waals surface area (Å²) in [6.45, 7) is 0. The van der Waals surface area contributed by atoms with Crippen molar-refractivity contribution in [1.82, 2.24) is 0 Å². The molecule has 5 nitrogen and oxygen atoms in total. The molecule has 1 aliphatic carbocycles. The molecule has 7 heteroatoms. The summed E-state index contributed by atoms with van der Waals surface area (Å²) in [6.07, 6.45) is 2.72. The summed E-state index contributed by atoms with van der Waals surface area (Å²) in [5, 5.41) is 3.34. The third-order valence-corrected chi connectivity index (χ3v) is 5.35. The molecule has 0 amide bonds. The summed E-state index contributed by atoms with van der Waals surface area (Å²) in [4.78, 5) is 22.6. The fourth-order valence-corrected chi connectivity index (χ4v) is 3.90. The average Bonchev–Trinajstić information content (AvgIpc) is 2.62. The number of hydrogen-bond acceptors (Lipinski definition) is 5. The van der Waals surface area contributed by atoms with Crippen LogP contribution in [0.2, 0.25) is 0 Å². The molecule has 0 bridgehead atoms. The molecule has 0 radical (unpaired) electrons. The molecule has 0 N–H and O–H groups in total. The molecule has 130 valence electrons. The number of fused-ring (bicyclic) bond motifs is 2. The van der Waals surface area contributed by atoms with E-state index in [0.717, 1.165) is 34.4 Å². The van der Waals surface area contributed by atoms with Crippen LogP contribution in [0.15, 0.2) is 77.7 Å². The topological polar surface area (TPSA) is 77.5 Å². The number of carbonyl (C=O) groups is 2. The third-order valence-electron chi connectivity index (χ3n) is 4.09. The number of carbonyl (C=O) groups excluding carboxylic acids is 2. The normalized spacial score (nSPS) is 14.1. The molecule has 3 aromatic rings. The number of ketones is 2. The minimum absolute atomic E-state index is 0. The van der Waals surface area contributed by atoms with E-state index < -0.39 is 26.6 Å². The van der Waals surface area contributed by atoms with Crippen molar-refractivity contribution in [2.75, 3.05) is 0 Å². The van der Waals surface area contributed by atoms with Gasteiger partial charge in [-0.25, -0.2) is 0 Å². The van der Waals surface area contributed by atoms with Gasteiger partial charge in [0.2, 0.25) is 5.78 Å². The Labute approximate surface area is 177 Å². The summed E-state index contributed by atoms with van der Waals surface area (Å²) in [6, 6.07) is 16.5. The number of rotatable bonds is 3. The standard InChI is InChI=1S/C20H12O5S.Na.H/c21-16-8-9-18(22)20(12-16)26(23,24)25-19-7-3-6-15-10-13-4-1-2-5-14(13)11-17(15)19;;/h1-12H;;. The molecular formula is C20H13NaO5S. The van der Waals surface area contributed by atoms with Crippen LogP contribution in [-0.2, 0) is 19.7 Å². The van der Waals surface area contributed by atoms with Crippen LogP contribution in [0.4, 0.5) is 0 Å². The Bertz CT molecular complexity index is 1260. The van der Waals surface area contributed by atoms with Crippen LogP contribution in [0.1, 0.15) is 0 Å². The van der Waals surface area contributed by atoms with Crippen molar-refractivity contribution in [3.8, 4) is 5.75 Å². The Balaban J connectivity index is 0.00000210. The summed E-state index contributed by atoms with van der Waals surface area (Å²) in [5.41, 5.74) is 0. The molecule has 0 spiro atoms. The predicted molar refractivity (Wildman–Crippen MR) is 105 cm³/mol. The van der Waals surface area contributed by atoms with Crippen molar-refractivity contribution in [3.05, 3.63) is 77.7 Å². The SMILES string of the molecule is O=C1C=CC(=O)C(S(=O)(=O)Oc2cccc3cc4ccccc4cc23)=C1.[NaH]. The van der Waals surface area contributed by atoms with E-state index in [0.29, 0.717) is 5.39 Å². The maximum atomic E-state index is 12.5. The van der Waals surface area contributed by atoms with E-state index in [9.17, 15) is 18.0 Å². The van der Waals surface area contributed by atoms with E-state index in [-0.39, 0.29) is 35.3 Å². The van der Waals surface area contributed by atoms with Crippen molar-refractivity contribution < 1.29 is 22.2 Å². The Morgan fingerprint density at radius 1 is 0.778 bits per heavy atom. The van der Waals surface area contributed by atoms with Gasteiger partial charge in [-0.15, -0.1) is 0 Å². The molecule has 0 aliphatic heterocycles. The zero-order valence-corrected chi connectivity index (χ0v) is 14.2. The van der Waals surface area contributed by atoms with Gasteiger partial charge in [0.05, 0.1) is 0 Å². The number of benzene rings is 3. The molecule has 0 atom stereocenters. The Morgan fingerprint density at radius 2 is 1.44 bits per heavy atom. The first-order valence-corrected chi connectivity index (χ1v) is 9.19. The molecule has 0 saturated carbocycles. The van der Waals surface area contributed by atoms with Gasteiger partial charge in [0, 0.05) is 11.5 Å². The molecule has 3 aromatic carbocycles. The monoisotopic (exact) mass is 388 g/mol. The second kappa shape index (κ2) is 7.40. The minimum atomic E-state index is -4.42. The summed E-state index contributed by atoms with van der Waals surface area (Å²) in [7, 11) is -4.42. The Hall–Kier alpha value is -2.25. The van der Waals surface area contributed by atoms with Crippen molar-refractivity contribution in [3.63, 3.8) is 0 Å². The van der Waals surface area contributed by atoms with Gasteiger partial charge < -0.3 is 4.18 Å². The molecule has 1 aliphatic rings. The van der Waals surface area contributed by atoms with Crippen LogP contribution in [-0.4, -0.2) is 49.5 Å². The molecule has 4 rings (SSSR count). The van der Waals surface area contributed by atoms with E-state index in [2.05, 4.69) is 0 Å². The fourth-order valence-electron chi connectivity index (χ4n) is 2.86. The van der Waals surface area contributed by atoms with Crippen LogP contribution in [0, 0.1) is 0 Å². The predicted octanol–water partition coefficient (Wildman–Crippen LogP) is 2.65. The van der Waals surface area contributed by atoms with Gasteiger partial charge in [-0.05, 0) is 46.5 Å². The molecule has 0 saturated heterocycles. The summed E-state index contributed by atoms with van der Waals surface area (Å²) in [5.74, 6) is -1.25. The van der Waals surface area contributed by atoms with Gasteiger partial charge in [-0.1, -0.05) is 36.4 Å². The molecular weight excluding hydrogens is 375 g/mol. The van der Waals surface area contributed by atoms with E-state index in [1.165, 1.54) is 6.07 Å². The Morgan fingerprint density at radius 3 is 2.19 bits per heavy atom. The van der Waals surface area contributed by atoms with Crippen molar-refractivity contribution in [1.29, 1.82) is 0 Å². The zero-order chi connectivity index (χ0) is 18.3. The van der Waals surface area contributed by atoms with E-state index >= 15 is 0 Å². The zero-order valence-electron chi connectivity index (χ0n) is 13.4. The quantitative estimate of drug-likeness (QED) is 0.298.